The van der Waals surface area contributed by atoms with Gasteiger partial charge in [0.15, 0.2) is 0 Å². The Kier molecular flexibility index (Phi) is 4.56. The molecular formula is C16H16N2O3. The van der Waals surface area contributed by atoms with E-state index in [9.17, 15) is 14.7 Å². The molecule has 108 valence electrons. The van der Waals surface area contributed by atoms with E-state index >= 15 is 0 Å². The van der Waals surface area contributed by atoms with Crippen LogP contribution in [0.2, 0.25) is 0 Å². The molecule has 0 saturated heterocycles. The number of rotatable bonds is 5. The van der Waals surface area contributed by atoms with Crippen molar-refractivity contribution in [1.82, 2.24) is 5.32 Å². The second-order valence-corrected chi connectivity index (χ2v) is 4.51. The van der Waals surface area contributed by atoms with Crippen LogP contribution in [0.1, 0.15) is 16.8 Å². The summed E-state index contributed by atoms with van der Waals surface area (Å²) in [6.07, 6.45) is 2.34. The van der Waals surface area contributed by atoms with E-state index in [1.807, 2.05) is 24.3 Å². The average molecular weight is 284 g/mol. The molecule has 0 atom stereocenters. The molecule has 21 heavy (non-hydrogen) atoms. The maximum absolute atomic E-state index is 11.7. The van der Waals surface area contributed by atoms with E-state index in [4.69, 9.17) is 0 Å². The fraction of sp³-hybridized carbons (Fsp3) is 0.125. The smallest absolute Gasteiger partial charge is 0.337 e. The van der Waals surface area contributed by atoms with E-state index < -0.39 is 12.0 Å². The SMILES string of the molecule is C=CCCNC(=O)Nc1cc2ccccc2cc1C(=O)O. The van der Waals surface area contributed by atoms with Crippen molar-refractivity contribution in [1.29, 1.82) is 0 Å². The lowest BCUT2D eigenvalue weighted by Gasteiger charge is -2.11. The number of carboxylic acids is 1. The molecule has 0 aromatic heterocycles. The van der Waals surface area contributed by atoms with Crippen molar-refractivity contribution in [2.45, 2.75) is 6.42 Å². The number of anilines is 1. The molecule has 5 nitrogen and oxygen atoms in total. The van der Waals surface area contributed by atoms with Gasteiger partial charge in [-0.05, 0) is 29.3 Å². The molecule has 2 aromatic carbocycles. The second-order valence-electron chi connectivity index (χ2n) is 4.51. The molecule has 0 aliphatic heterocycles. The minimum atomic E-state index is -1.08. The van der Waals surface area contributed by atoms with Crippen molar-refractivity contribution in [3.05, 3.63) is 54.6 Å². The largest absolute Gasteiger partial charge is 0.478 e. The zero-order valence-electron chi connectivity index (χ0n) is 11.4. The number of fused-ring (bicyclic) bond motifs is 1. The first-order valence-electron chi connectivity index (χ1n) is 6.53. The third kappa shape index (κ3) is 3.60. The number of urea groups is 1. The van der Waals surface area contributed by atoms with Crippen LogP contribution in [0.15, 0.2) is 49.1 Å². The molecule has 0 heterocycles. The van der Waals surface area contributed by atoms with E-state index in [0.717, 1.165) is 10.8 Å². The lowest BCUT2D eigenvalue weighted by Crippen LogP contribution is -2.30. The van der Waals surface area contributed by atoms with Gasteiger partial charge >= 0.3 is 12.0 Å². The van der Waals surface area contributed by atoms with Gasteiger partial charge in [-0.2, -0.15) is 0 Å². The van der Waals surface area contributed by atoms with E-state index in [1.165, 1.54) is 0 Å². The highest BCUT2D eigenvalue weighted by molar-refractivity contribution is 6.04. The van der Waals surface area contributed by atoms with Crippen molar-refractivity contribution in [3.8, 4) is 0 Å². The topological polar surface area (TPSA) is 78.4 Å². The van der Waals surface area contributed by atoms with Gasteiger partial charge in [-0.1, -0.05) is 30.3 Å². The molecule has 0 saturated carbocycles. The van der Waals surface area contributed by atoms with Gasteiger partial charge in [0.25, 0.3) is 0 Å². The minimum absolute atomic E-state index is 0.0626. The summed E-state index contributed by atoms with van der Waals surface area (Å²) >= 11 is 0. The summed E-state index contributed by atoms with van der Waals surface area (Å²) in [5.41, 5.74) is 0.338. The van der Waals surface area contributed by atoms with Gasteiger partial charge in [-0.3, -0.25) is 0 Å². The van der Waals surface area contributed by atoms with Gasteiger partial charge in [-0.15, -0.1) is 6.58 Å². The zero-order valence-corrected chi connectivity index (χ0v) is 11.4. The van der Waals surface area contributed by atoms with Gasteiger partial charge in [0, 0.05) is 6.54 Å². The van der Waals surface area contributed by atoms with Crippen molar-refractivity contribution in [2.75, 3.05) is 11.9 Å². The van der Waals surface area contributed by atoms with Crippen molar-refractivity contribution in [3.63, 3.8) is 0 Å². The molecule has 2 amide bonds. The van der Waals surface area contributed by atoms with Crippen molar-refractivity contribution >= 4 is 28.5 Å². The molecule has 3 N–H and O–H groups in total. The molecule has 0 radical (unpaired) electrons. The van der Waals surface area contributed by atoms with Crippen molar-refractivity contribution < 1.29 is 14.7 Å². The first-order valence-corrected chi connectivity index (χ1v) is 6.53. The number of amides is 2. The second kappa shape index (κ2) is 6.56. The van der Waals surface area contributed by atoms with Gasteiger partial charge in [-0.25, -0.2) is 9.59 Å². The fourth-order valence-corrected chi connectivity index (χ4v) is 1.97. The fourth-order valence-electron chi connectivity index (χ4n) is 1.97. The monoisotopic (exact) mass is 284 g/mol. The summed E-state index contributed by atoms with van der Waals surface area (Å²) in [5, 5.41) is 16.2. The van der Waals surface area contributed by atoms with Crippen LogP contribution >= 0.6 is 0 Å². The maximum atomic E-state index is 11.7. The molecule has 5 heteroatoms. The Labute approximate surface area is 122 Å². The van der Waals surface area contributed by atoms with E-state index in [1.54, 1.807) is 18.2 Å². The number of nitrogens with one attached hydrogen (secondary N) is 2. The zero-order chi connectivity index (χ0) is 15.2. The summed E-state index contributed by atoms with van der Waals surface area (Å²) < 4.78 is 0. The molecule has 0 aliphatic carbocycles. The van der Waals surface area contributed by atoms with E-state index in [-0.39, 0.29) is 11.3 Å². The summed E-state index contributed by atoms with van der Waals surface area (Å²) in [7, 11) is 0. The van der Waals surface area contributed by atoms with Crippen LogP contribution in [0.3, 0.4) is 0 Å². The van der Waals surface area contributed by atoms with Crippen LogP contribution in [0, 0.1) is 0 Å². The highest BCUT2D eigenvalue weighted by atomic mass is 16.4. The highest BCUT2D eigenvalue weighted by Gasteiger charge is 2.13. The summed E-state index contributed by atoms with van der Waals surface area (Å²) in [6.45, 7) is 4.01. The molecule has 0 fully saturated rings. The minimum Gasteiger partial charge on any atom is -0.478 e. The Bertz CT molecular complexity index is 695. The van der Waals surface area contributed by atoms with Crippen molar-refractivity contribution in [2.24, 2.45) is 0 Å². The molecular weight excluding hydrogens is 268 g/mol. The van der Waals surface area contributed by atoms with Crippen LogP contribution in [-0.2, 0) is 0 Å². The van der Waals surface area contributed by atoms with Gasteiger partial charge in [0.2, 0.25) is 0 Å². The van der Waals surface area contributed by atoms with E-state index in [0.29, 0.717) is 13.0 Å². The predicted octanol–water partition coefficient (Wildman–Crippen LogP) is 3.24. The maximum Gasteiger partial charge on any atom is 0.337 e. The number of carbonyl (C=O) groups excluding carboxylic acids is 1. The number of carbonyl (C=O) groups is 2. The summed E-state index contributed by atoms with van der Waals surface area (Å²) in [5.74, 6) is -1.08. The quantitative estimate of drug-likeness (QED) is 0.582. The van der Waals surface area contributed by atoms with Gasteiger partial charge < -0.3 is 15.7 Å². The number of hydrogen-bond donors (Lipinski definition) is 3. The van der Waals surface area contributed by atoms with Crippen LogP contribution in [0.5, 0.6) is 0 Å². The Hall–Kier alpha value is -2.82. The first-order chi connectivity index (χ1) is 10.1. The lowest BCUT2D eigenvalue weighted by atomic mass is 10.0. The molecule has 0 bridgehead atoms. The third-order valence-electron chi connectivity index (χ3n) is 3.00. The number of benzene rings is 2. The predicted molar refractivity (Wildman–Crippen MR) is 82.7 cm³/mol. The average Bonchev–Trinajstić information content (AvgIpc) is 2.46. The number of carboxylic acid groups (broad SMARTS) is 1. The van der Waals surface area contributed by atoms with E-state index in [2.05, 4.69) is 17.2 Å². The standard InChI is InChI=1S/C16H16N2O3/c1-2-3-8-17-16(21)18-14-10-12-7-5-4-6-11(12)9-13(14)15(19)20/h2,4-7,9-10H,1,3,8H2,(H,19,20)(H2,17,18,21). The van der Waals surface area contributed by atoms with Gasteiger partial charge in [0.1, 0.15) is 0 Å². The van der Waals surface area contributed by atoms with Gasteiger partial charge in [0.05, 0.1) is 11.3 Å². The highest BCUT2D eigenvalue weighted by Crippen LogP contribution is 2.24. The number of aromatic carboxylic acids is 1. The molecule has 0 spiro atoms. The normalized spacial score (nSPS) is 10.1. The Morgan fingerprint density at radius 2 is 1.86 bits per heavy atom. The molecule has 2 aromatic rings. The summed E-state index contributed by atoms with van der Waals surface area (Å²) in [6, 6.07) is 10.2. The molecule has 0 unspecified atom stereocenters. The Morgan fingerprint density at radius 1 is 1.19 bits per heavy atom. The number of hydrogen-bond acceptors (Lipinski definition) is 2. The van der Waals surface area contributed by atoms with Crippen LogP contribution in [0.25, 0.3) is 10.8 Å². The lowest BCUT2D eigenvalue weighted by molar-refractivity contribution is 0.0698. The van der Waals surface area contributed by atoms with Crippen LogP contribution < -0.4 is 10.6 Å². The Balaban J connectivity index is 2.28. The molecule has 2 rings (SSSR count). The van der Waals surface area contributed by atoms with Crippen LogP contribution in [0.4, 0.5) is 10.5 Å². The van der Waals surface area contributed by atoms with Crippen LogP contribution in [-0.4, -0.2) is 23.7 Å². The Morgan fingerprint density at radius 3 is 2.48 bits per heavy atom. The first kappa shape index (κ1) is 14.6. The molecule has 0 aliphatic rings. The summed E-state index contributed by atoms with van der Waals surface area (Å²) in [4.78, 5) is 23.1. The third-order valence-corrected chi connectivity index (χ3v) is 3.00.